The van der Waals surface area contributed by atoms with Crippen molar-refractivity contribution >= 4 is 50.2 Å². The van der Waals surface area contributed by atoms with Gasteiger partial charge in [0.1, 0.15) is 16.9 Å². The number of rotatable bonds is 5. The van der Waals surface area contributed by atoms with Gasteiger partial charge in [-0.2, -0.15) is 4.31 Å². The second-order valence-electron chi connectivity index (χ2n) is 7.60. The van der Waals surface area contributed by atoms with Crippen molar-refractivity contribution in [3.8, 4) is 0 Å². The Hall–Kier alpha value is -3.62. The summed E-state index contributed by atoms with van der Waals surface area (Å²) >= 11 is 5.94. The van der Waals surface area contributed by atoms with E-state index in [4.69, 9.17) is 20.8 Å². The Balaban J connectivity index is 1.95. The standard InChI is InChI=1S/C25H20ClNO6S/c1-15-4-11-20(12-5-15)34(30,31)27(24(28)17-6-8-18(26)9-7-17)19-10-13-22-21(14-19)23(16(2)33-22)25(29)32-3/h4-14H,1-3H3. The van der Waals surface area contributed by atoms with Gasteiger partial charge in [0.25, 0.3) is 15.9 Å². The van der Waals surface area contributed by atoms with E-state index in [1.807, 2.05) is 6.92 Å². The van der Waals surface area contributed by atoms with E-state index in [0.717, 1.165) is 5.56 Å². The fraction of sp³-hybridized carbons (Fsp3) is 0.120. The minimum atomic E-state index is -4.32. The van der Waals surface area contributed by atoms with Gasteiger partial charge in [0.15, 0.2) is 0 Å². The highest BCUT2D eigenvalue weighted by atomic mass is 35.5. The van der Waals surface area contributed by atoms with E-state index in [9.17, 15) is 18.0 Å². The van der Waals surface area contributed by atoms with Gasteiger partial charge < -0.3 is 9.15 Å². The molecule has 0 aliphatic rings. The van der Waals surface area contributed by atoms with Crippen LogP contribution in [0.3, 0.4) is 0 Å². The monoisotopic (exact) mass is 497 g/mol. The van der Waals surface area contributed by atoms with Crippen LogP contribution < -0.4 is 4.31 Å². The lowest BCUT2D eigenvalue weighted by molar-refractivity contribution is 0.0600. The first kappa shape index (κ1) is 23.5. The van der Waals surface area contributed by atoms with Gasteiger partial charge in [-0.15, -0.1) is 0 Å². The lowest BCUT2D eigenvalue weighted by Gasteiger charge is -2.23. The number of furan rings is 1. The smallest absolute Gasteiger partial charge is 0.342 e. The lowest BCUT2D eigenvalue weighted by Crippen LogP contribution is -2.37. The third-order valence-electron chi connectivity index (χ3n) is 5.31. The zero-order chi connectivity index (χ0) is 24.6. The van der Waals surface area contributed by atoms with Crippen molar-refractivity contribution < 1.29 is 27.2 Å². The molecule has 1 aromatic heterocycles. The largest absolute Gasteiger partial charge is 0.465 e. The molecule has 0 spiro atoms. The Bertz CT molecular complexity index is 1510. The summed E-state index contributed by atoms with van der Waals surface area (Å²) in [5, 5.41) is 0.734. The van der Waals surface area contributed by atoms with Gasteiger partial charge >= 0.3 is 5.97 Å². The van der Waals surface area contributed by atoms with E-state index in [1.54, 1.807) is 19.1 Å². The quantitative estimate of drug-likeness (QED) is 0.337. The zero-order valence-corrected chi connectivity index (χ0v) is 20.1. The number of fused-ring (bicyclic) bond motifs is 1. The lowest BCUT2D eigenvalue weighted by atomic mass is 10.1. The first-order chi connectivity index (χ1) is 16.1. The Morgan fingerprint density at radius 3 is 2.21 bits per heavy atom. The topological polar surface area (TPSA) is 93.9 Å². The summed E-state index contributed by atoms with van der Waals surface area (Å²) in [7, 11) is -3.09. The maximum Gasteiger partial charge on any atom is 0.342 e. The van der Waals surface area contributed by atoms with Gasteiger partial charge in [0.05, 0.1) is 17.7 Å². The minimum absolute atomic E-state index is 0.0407. The second-order valence-corrected chi connectivity index (χ2v) is 9.82. The van der Waals surface area contributed by atoms with Crippen LogP contribution in [0.5, 0.6) is 0 Å². The third kappa shape index (κ3) is 4.18. The van der Waals surface area contributed by atoms with Gasteiger partial charge in [0, 0.05) is 16.0 Å². The maximum atomic E-state index is 13.7. The van der Waals surface area contributed by atoms with E-state index in [2.05, 4.69) is 0 Å². The van der Waals surface area contributed by atoms with Crippen LogP contribution in [0.4, 0.5) is 5.69 Å². The molecule has 34 heavy (non-hydrogen) atoms. The predicted molar refractivity (Wildman–Crippen MR) is 129 cm³/mol. The van der Waals surface area contributed by atoms with E-state index in [-0.39, 0.29) is 21.7 Å². The van der Waals surface area contributed by atoms with E-state index >= 15 is 0 Å². The molecule has 0 saturated heterocycles. The second kappa shape index (κ2) is 8.96. The molecule has 1 heterocycles. The number of aryl methyl sites for hydroxylation is 2. The fourth-order valence-corrected chi connectivity index (χ4v) is 5.11. The Kier molecular flexibility index (Phi) is 6.20. The van der Waals surface area contributed by atoms with E-state index in [1.165, 1.54) is 61.7 Å². The van der Waals surface area contributed by atoms with Crippen molar-refractivity contribution in [3.63, 3.8) is 0 Å². The van der Waals surface area contributed by atoms with Crippen LogP contribution in [-0.2, 0) is 14.8 Å². The van der Waals surface area contributed by atoms with Crippen LogP contribution in [0, 0.1) is 13.8 Å². The zero-order valence-electron chi connectivity index (χ0n) is 18.5. The average Bonchev–Trinajstić information content (AvgIpc) is 3.14. The molecule has 3 aromatic carbocycles. The van der Waals surface area contributed by atoms with Crippen molar-refractivity contribution in [1.82, 2.24) is 0 Å². The molecule has 0 aliphatic heterocycles. The number of halogens is 1. The summed E-state index contributed by atoms with van der Waals surface area (Å²) in [6.45, 7) is 3.43. The summed E-state index contributed by atoms with van der Waals surface area (Å²) in [6.07, 6.45) is 0. The Morgan fingerprint density at radius 2 is 1.59 bits per heavy atom. The molecular weight excluding hydrogens is 478 g/mol. The third-order valence-corrected chi connectivity index (χ3v) is 7.28. The van der Waals surface area contributed by atoms with Crippen LogP contribution in [0.1, 0.15) is 32.0 Å². The molecular formula is C25H20ClNO6S. The predicted octanol–water partition coefficient (Wildman–Crippen LogP) is 5.53. The number of sulfonamides is 1. The summed E-state index contributed by atoms with van der Waals surface area (Å²) in [4.78, 5) is 25.8. The molecule has 0 unspecified atom stereocenters. The van der Waals surface area contributed by atoms with Crippen molar-refractivity contribution in [3.05, 3.63) is 94.2 Å². The molecule has 4 aromatic rings. The number of hydrogen-bond acceptors (Lipinski definition) is 6. The van der Waals surface area contributed by atoms with Crippen LogP contribution in [0.15, 0.2) is 76.0 Å². The summed E-state index contributed by atoms with van der Waals surface area (Å²) in [5.74, 6) is -1.10. The molecule has 7 nitrogen and oxygen atoms in total. The van der Waals surface area contributed by atoms with Gasteiger partial charge in [-0.25, -0.2) is 13.2 Å². The maximum absolute atomic E-state index is 13.7. The van der Waals surface area contributed by atoms with Crippen LogP contribution >= 0.6 is 11.6 Å². The number of methoxy groups -OCH3 is 1. The first-order valence-corrected chi connectivity index (χ1v) is 12.0. The normalized spacial score (nSPS) is 11.4. The number of ether oxygens (including phenoxy) is 1. The molecule has 9 heteroatoms. The van der Waals surface area contributed by atoms with Crippen LogP contribution in [0.25, 0.3) is 11.0 Å². The van der Waals surface area contributed by atoms with Gasteiger partial charge in [0.2, 0.25) is 0 Å². The van der Waals surface area contributed by atoms with Crippen molar-refractivity contribution in [2.45, 2.75) is 18.7 Å². The SMILES string of the molecule is COC(=O)c1c(C)oc2ccc(N(C(=O)c3ccc(Cl)cc3)S(=O)(=O)c3ccc(C)cc3)cc12. The average molecular weight is 498 g/mol. The highest BCUT2D eigenvalue weighted by molar-refractivity contribution is 7.93. The minimum Gasteiger partial charge on any atom is -0.465 e. The van der Waals surface area contributed by atoms with E-state index < -0.39 is 21.9 Å². The van der Waals surface area contributed by atoms with Crippen molar-refractivity contribution in [2.24, 2.45) is 0 Å². The number of carbonyl (C=O) groups excluding carboxylic acids is 2. The summed E-state index contributed by atoms with van der Waals surface area (Å²) < 4.78 is 38.6. The molecule has 1 amide bonds. The molecule has 0 saturated carbocycles. The molecule has 0 fully saturated rings. The number of nitrogens with zero attached hydrogens (tertiary/aromatic N) is 1. The number of anilines is 1. The molecule has 0 atom stereocenters. The number of esters is 1. The Morgan fingerprint density at radius 1 is 0.941 bits per heavy atom. The van der Waals surface area contributed by atoms with Crippen LogP contribution in [-0.4, -0.2) is 27.4 Å². The summed E-state index contributed by atoms with van der Waals surface area (Å²) in [5.41, 5.74) is 1.54. The fourth-order valence-electron chi connectivity index (χ4n) is 3.58. The van der Waals surface area contributed by atoms with Gasteiger partial charge in [-0.1, -0.05) is 29.3 Å². The van der Waals surface area contributed by atoms with Crippen molar-refractivity contribution in [2.75, 3.05) is 11.4 Å². The van der Waals surface area contributed by atoms with Gasteiger partial charge in [-0.05, 0) is 68.4 Å². The molecule has 4 rings (SSSR count). The highest BCUT2D eigenvalue weighted by Crippen LogP contribution is 2.33. The number of carbonyl (C=O) groups is 2. The highest BCUT2D eigenvalue weighted by Gasteiger charge is 2.33. The van der Waals surface area contributed by atoms with Crippen molar-refractivity contribution in [1.29, 1.82) is 0 Å². The Labute approximate surface area is 201 Å². The molecule has 0 aliphatic carbocycles. The number of hydrogen-bond donors (Lipinski definition) is 0. The van der Waals surface area contributed by atoms with Crippen LogP contribution in [0.2, 0.25) is 5.02 Å². The molecule has 0 radical (unpaired) electrons. The molecule has 174 valence electrons. The summed E-state index contributed by atoms with van der Waals surface area (Å²) in [6, 6.07) is 16.5. The van der Waals surface area contributed by atoms with Gasteiger partial charge in [-0.3, -0.25) is 4.79 Å². The number of benzene rings is 3. The molecule has 0 bridgehead atoms. The number of amides is 1. The van der Waals surface area contributed by atoms with E-state index in [0.29, 0.717) is 26.1 Å². The molecule has 0 N–H and O–H groups in total. The first-order valence-electron chi connectivity index (χ1n) is 10.2.